The highest BCUT2D eigenvalue weighted by Gasteiger charge is 2.07. The van der Waals surface area contributed by atoms with Crippen molar-refractivity contribution in [3.05, 3.63) is 16.1 Å². The second kappa shape index (κ2) is 2.79. The molecule has 1 amide bonds. The average molecular weight is 156 g/mol. The number of aromatic nitrogens is 1. The first-order chi connectivity index (χ1) is 4.75. The largest absolute Gasteiger partial charge is 0.354 e. The zero-order valence-electron chi connectivity index (χ0n) is 5.84. The molecule has 0 bridgehead atoms. The summed E-state index contributed by atoms with van der Waals surface area (Å²) in [5.41, 5.74) is 2.46. The third kappa shape index (κ3) is 1.16. The van der Waals surface area contributed by atoms with Gasteiger partial charge in [0.1, 0.15) is 4.88 Å². The molecule has 1 N–H and O–H groups in total. The van der Waals surface area contributed by atoms with Gasteiger partial charge >= 0.3 is 0 Å². The van der Waals surface area contributed by atoms with Crippen molar-refractivity contribution < 1.29 is 4.79 Å². The molecule has 0 radical (unpaired) electrons. The molecule has 1 aromatic rings. The maximum atomic E-state index is 11.0. The highest BCUT2D eigenvalue weighted by Crippen LogP contribution is 2.10. The Hall–Kier alpha value is -0.900. The normalized spacial score (nSPS) is 9.40. The fourth-order valence-electron chi connectivity index (χ4n) is 0.633. The summed E-state index contributed by atoms with van der Waals surface area (Å²) in [6, 6.07) is 0. The van der Waals surface area contributed by atoms with E-state index >= 15 is 0 Å². The van der Waals surface area contributed by atoms with Gasteiger partial charge in [-0.25, -0.2) is 4.98 Å². The van der Waals surface area contributed by atoms with Gasteiger partial charge in [-0.05, 0) is 6.92 Å². The van der Waals surface area contributed by atoms with Gasteiger partial charge in [-0.2, -0.15) is 0 Å². The second-order valence-electron chi connectivity index (χ2n) is 1.85. The smallest absolute Gasteiger partial charge is 0.263 e. The standard InChI is InChI=1S/C6H8N2OS/c1-4-5(6(9)7-2)10-3-8-4/h3H,1-2H3,(H,7,9). The quantitative estimate of drug-likeness (QED) is 0.653. The Labute approximate surface area is 63.1 Å². The minimum Gasteiger partial charge on any atom is -0.354 e. The molecule has 4 heteroatoms. The van der Waals surface area contributed by atoms with E-state index in [2.05, 4.69) is 10.3 Å². The number of amides is 1. The van der Waals surface area contributed by atoms with E-state index in [0.717, 1.165) is 5.69 Å². The molecule has 0 atom stereocenters. The first kappa shape index (κ1) is 7.21. The molecule has 3 nitrogen and oxygen atoms in total. The average Bonchev–Trinajstić information content (AvgIpc) is 2.34. The molecule has 0 aliphatic rings. The number of carbonyl (C=O) groups excluding carboxylic acids is 1. The lowest BCUT2D eigenvalue weighted by molar-refractivity contribution is 0.0966. The van der Waals surface area contributed by atoms with Crippen LogP contribution >= 0.6 is 11.3 Å². The van der Waals surface area contributed by atoms with Crippen molar-refractivity contribution in [2.45, 2.75) is 6.92 Å². The molecular formula is C6H8N2OS. The molecule has 0 aromatic carbocycles. The van der Waals surface area contributed by atoms with E-state index in [9.17, 15) is 4.79 Å². The van der Waals surface area contributed by atoms with Crippen LogP contribution in [0.4, 0.5) is 0 Å². The molecule has 0 unspecified atom stereocenters. The molecule has 0 aliphatic heterocycles. The minimum absolute atomic E-state index is 0.0556. The highest BCUT2D eigenvalue weighted by molar-refractivity contribution is 7.11. The van der Waals surface area contributed by atoms with Crippen LogP contribution in [0.5, 0.6) is 0 Å². The molecule has 0 saturated carbocycles. The third-order valence-electron chi connectivity index (χ3n) is 1.18. The van der Waals surface area contributed by atoms with Crippen LogP contribution in [0.2, 0.25) is 0 Å². The van der Waals surface area contributed by atoms with Crippen molar-refractivity contribution >= 4 is 17.2 Å². The lowest BCUT2D eigenvalue weighted by Gasteiger charge is -1.93. The predicted molar refractivity (Wildman–Crippen MR) is 40.2 cm³/mol. The first-order valence-electron chi connectivity index (χ1n) is 2.88. The van der Waals surface area contributed by atoms with Crippen LogP contribution in [0.25, 0.3) is 0 Å². The molecule has 1 heterocycles. The molecule has 0 aliphatic carbocycles. The van der Waals surface area contributed by atoms with Crippen LogP contribution in [0, 0.1) is 6.92 Å². The molecule has 54 valence electrons. The van der Waals surface area contributed by atoms with Gasteiger partial charge < -0.3 is 5.32 Å². The Morgan fingerprint density at radius 2 is 2.50 bits per heavy atom. The number of hydrogen-bond acceptors (Lipinski definition) is 3. The summed E-state index contributed by atoms with van der Waals surface area (Å²) >= 11 is 1.36. The lowest BCUT2D eigenvalue weighted by Crippen LogP contribution is -2.17. The Kier molecular flexibility index (Phi) is 2.01. The maximum absolute atomic E-state index is 11.0. The minimum atomic E-state index is -0.0556. The topological polar surface area (TPSA) is 42.0 Å². The summed E-state index contributed by atoms with van der Waals surface area (Å²) in [6.07, 6.45) is 0. The Bertz CT molecular complexity index is 244. The molecule has 10 heavy (non-hydrogen) atoms. The molecule has 1 rings (SSSR count). The first-order valence-corrected chi connectivity index (χ1v) is 3.76. The van der Waals surface area contributed by atoms with Gasteiger partial charge in [0, 0.05) is 7.05 Å². The Morgan fingerprint density at radius 1 is 1.80 bits per heavy atom. The number of carbonyl (C=O) groups is 1. The van der Waals surface area contributed by atoms with Gasteiger partial charge in [0.2, 0.25) is 0 Å². The predicted octanol–water partition coefficient (Wildman–Crippen LogP) is 0.811. The summed E-state index contributed by atoms with van der Waals surface area (Å²) < 4.78 is 0. The molecule has 0 spiro atoms. The van der Waals surface area contributed by atoms with Gasteiger partial charge in [0.05, 0.1) is 11.2 Å². The van der Waals surface area contributed by atoms with Crippen molar-refractivity contribution in [1.29, 1.82) is 0 Å². The molecule has 0 fully saturated rings. The van der Waals surface area contributed by atoms with E-state index in [-0.39, 0.29) is 5.91 Å². The molecule has 0 saturated heterocycles. The van der Waals surface area contributed by atoms with E-state index in [0.29, 0.717) is 4.88 Å². The van der Waals surface area contributed by atoms with Gasteiger partial charge in [-0.1, -0.05) is 0 Å². The van der Waals surface area contributed by atoms with Crippen molar-refractivity contribution in [3.8, 4) is 0 Å². The summed E-state index contributed by atoms with van der Waals surface area (Å²) in [4.78, 5) is 15.6. The fourth-order valence-corrected chi connectivity index (χ4v) is 1.38. The van der Waals surface area contributed by atoms with E-state index in [1.807, 2.05) is 6.92 Å². The van der Waals surface area contributed by atoms with E-state index in [1.54, 1.807) is 12.6 Å². The van der Waals surface area contributed by atoms with Gasteiger partial charge in [0.25, 0.3) is 5.91 Å². The summed E-state index contributed by atoms with van der Waals surface area (Å²) in [5.74, 6) is -0.0556. The summed E-state index contributed by atoms with van der Waals surface area (Å²) in [6.45, 7) is 1.82. The highest BCUT2D eigenvalue weighted by atomic mass is 32.1. The van der Waals surface area contributed by atoms with Crippen LogP contribution in [0.1, 0.15) is 15.4 Å². The van der Waals surface area contributed by atoms with Crippen LogP contribution in [0.15, 0.2) is 5.51 Å². The number of rotatable bonds is 1. The SMILES string of the molecule is CNC(=O)c1scnc1C. The van der Waals surface area contributed by atoms with E-state index in [4.69, 9.17) is 0 Å². The number of nitrogens with zero attached hydrogens (tertiary/aromatic N) is 1. The summed E-state index contributed by atoms with van der Waals surface area (Å²) in [5, 5.41) is 2.54. The maximum Gasteiger partial charge on any atom is 0.263 e. The van der Waals surface area contributed by atoms with E-state index in [1.165, 1.54) is 11.3 Å². The zero-order chi connectivity index (χ0) is 7.56. The number of thiazole rings is 1. The zero-order valence-corrected chi connectivity index (χ0v) is 6.66. The molecular weight excluding hydrogens is 148 g/mol. The van der Waals surface area contributed by atoms with Crippen LogP contribution < -0.4 is 5.32 Å². The number of aryl methyl sites for hydroxylation is 1. The van der Waals surface area contributed by atoms with Crippen molar-refractivity contribution in [1.82, 2.24) is 10.3 Å². The van der Waals surface area contributed by atoms with Crippen molar-refractivity contribution in [2.75, 3.05) is 7.05 Å². The van der Waals surface area contributed by atoms with Crippen LogP contribution in [0.3, 0.4) is 0 Å². The monoisotopic (exact) mass is 156 g/mol. The number of hydrogen-bond donors (Lipinski definition) is 1. The van der Waals surface area contributed by atoms with Crippen molar-refractivity contribution in [2.24, 2.45) is 0 Å². The third-order valence-corrected chi connectivity index (χ3v) is 2.11. The number of nitrogens with one attached hydrogen (secondary N) is 1. The summed E-state index contributed by atoms with van der Waals surface area (Å²) in [7, 11) is 1.61. The fraction of sp³-hybridized carbons (Fsp3) is 0.333. The lowest BCUT2D eigenvalue weighted by atomic mass is 10.4. The Balaban J connectivity index is 2.93. The van der Waals surface area contributed by atoms with Gasteiger partial charge in [-0.15, -0.1) is 11.3 Å². The Morgan fingerprint density at radius 3 is 2.90 bits per heavy atom. The van der Waals surface area contributed by atoms with Gasteiger partial charge in [0.15, 0.2) is 0 Å². The van der Waals surface area contributed by atoms with E-state index < -0.39 is 0 Å². The van der Waals surface area contributed by atoms with Crippen molar-refractivity contribution in [3.63, 3.8) is 0 Å². The second-order valence-corrected chi connectivity index (χ2v) is 2.70. The van der Waals surface area contributed by atoms with Gasteiger partial charge in [-0.3, -0.25) is 4.79 Å². The molecule has 1 aromatic heterocycles. The van der Waals surface area contributed by atoms with Crippen LogP contribution in [-0.4, -0.2) is 17.9 Å². The van der Waals surface area contributed by atoms with Crippen LogP contribution in [-0.2, 0) is 0 Å².